The molecular weight excluding hydrogens is 220 g/mol. The fourth-order valence-corrected chi connectivity index (χ4v) is 3.11. The summed E-state index contributed by atoms with van der Waals surface area (Å²) in [6.07, 6.45) is 2.62. The third kappa shape index (κ3) is 1.71. The molecule has 1 heterocycles. The number of fused-ring (bicyclic) bond motifs is 1. The van der Waals surface area contributed by atoms with Crippen LogP contribution in [0.3, 0.4) is 0 Å². The number of rotatable bonds is 2. The summed E-state index contributed by atoms with van der Waals surface area (Å²) in [5, 5.41) is 0.191. The molecule has 1 aliphatic carbocycles. The second-order valence-electron chi connectivity index (χ2n) is 5.28. The maximum absolute atomic E-state index is 6.50. The van der Waals surface area contributed by atoms with Crippen molar-refractivity contribution in [1.29, 1.82) is 0 Å². The van der Waals surface area contributed by atoms with Gasteiger partial charge < -0.3 is 4.74 Å². The fraction of sp³-hybridized carbons (Fsp3) is 0.571. The highest BCUT2D eigenvalue weighted by Crippen LogP contribution is 2.50. The monoisotopic (exact) mass is 236 g/mol. The van der Waals surface area contributed by atoms with E-state index in [0.717, 1.165) is 18.1 Å². The lowest BCUT2D eigenvalue weighted by Gasteiger charge is -2.10. The zero-order valence-electron chi connectivity index (χ0n) is 9.74. The Balaban J connectivity index is 1.84. The summed E-state index contributed by atoms with van der Waals surface area (Å²) in [6, 6.07) is 6.44. The van der Waals surface area contributed by atoms with E-state index in [1.165, 1.54) is 17.5 Å². The molecule has 1 nitrogen and oxygen atoms in total. The van der Waals surface area contributed by atoms with E-state index in [4.69, 9.17) is 16.3 Å². The van der Waals surface area contributed by atoms with Crippen molar-refractivity contribution in [3.05, 3.63) is 29.3 Å². The third-order valence-corrected chi connectivity index (χ3v) is 4.36. The van der Waals surface area contributed by atoms with E-state index in [1.807, 2.05) is 0 Å². The molecule has 0 radical (unpaired) electrons. The molecule has 1 aliphatic heterocycles. The molecule has 1 saturated carbocycles. The van der Waals surface area contributed by atoms with Crippen LogP contribution in [0.4, 0.5) is 0 Å². The number of hydrogen-bond donors (Lipinski definition) is 0. The lowest BCUT2D eigenvalue weighted by atomic mass is 10.0. The van der Waals surface area contributed by atoms with Crippen molar-refractivity contribution in [3.63, 3.8) is 0 Å². The Morgan fingerprint density at radius 3 is 2.81 bits per heavy atom. The summed E-state index contributed by atoms with van der Waals surface area (Å²) < 4.78 is 5.70. The molecule has 0 N–H and O–H groups in total. The van der Waals surface area contributed by atoms with Crippen molar-refractivity contribution < 1.29 is 4.74 Å². The fourth-order valence-electron chi connectivity index (χ4n) is 2.62. The standard InChI is InChI=1S/C14H17ClO/c1-8-5-12(8)14(15)10-3-4-13-11(7-10)6-9(2)16-13/h3-4,7-9,12,14H,5-6H2,1-2H3. The van der Waals surface area contributed by atoms with E-state index in [0.29, 0.717) is 12.0 Å². The minimum Gasteiger partial charge on any atom is -0.490 e. The van der Waals surface area contributed by atoms with Crippen molar-refractivity contribution in [3.8, 4) is 5.75 Å². The molecule has 2 heteroatoms. The summed E-state index contributed by atoms with van der Waals surface area (Å²) >= 11 is 6.50. The van der Waals surface area contributed by atoms with Crippen LogP contribution >= 0.6 is 11.6 Å². The van der Waals surface area contributed by atoms with E-state index >= 15 is 0 Å². The van der Waals surface area contributed by atoms with Gasteiger partial charge in [-0.3, -0.25) is 0 Å². The Labute approximate surface area is 102 Å². The van der Waals surface area contributed by atoms with E-state index in [-0.39, 0.29) is 5.38 Å². The Morgan fingerprint density at radius 1 is 1.38 bits per heavy atom. The Bertz CT molecular complexity index is 415. The molecular formula is C14H17ClO. The molecule has 0 saturated heterocycles. The van der Waals surface area contributed by atoms with Gasteiger partial charge in [0.15, 0.2) is 0 Å². The van der Waals surface area contributed by atoms with Gasteiger partial charge in [0, 0.05) is 6.42 Å². The first-order valence-electron chi connectivity index (χ1n) is 6.08. The topological polar surface area (TPSA) is 9.23 Å². The normalized spacial score (nSPS) is 33.1. The SMILES string of the molecule is CC1Cc2cc(C(Cl)C3CC3C)ccc2O1. The average Bonchev–Trinajstić information content (AvgIpc) is 2.85. The molecule has 1 aromatic carbocycles. The summed E-state index contributed by atoms with van der Waals surface area (Å²) in [4.78, 5) is 0. The minimum absolute atomic E-state index is 0.191. The van der Waals surface area contributed by atoms with Gasteiger partial charge in [-0.05, 0) is 42.4 Å². The largest absolute Gasteiger partial charge is 0.490 e. The molecule has 3 rings (SSSR count). The number of hydrogen-bond acceptors (Lipinski definition) is 1. The highest BCUT2D eigenvalue weighted by Gasteiger charge is 2.39. The lowest BCUT2D eigenvalue weighted by molar-refractivity contribution is 0.254. The van der Waals surface area contributed by atoms with Crippen LogP contribution in [0.15, 0.2) is 18.2 Å². The molecule has 1 fully saturated rings. The Kier molecular flexibility index (Phi) is 2.39. The van der Waals surface area contributed by atoms with Gasteiger partial charge in [-0.25, -0.2) is 0 Å². The quantitative estimate of drug-likeness (QED) is 0.707. The van der Waals surface area contributed by atoms with Crippen LogP contribution in [0.1, 0.15) is 36.8 Å². The minimum atomic E-state index is 0.191. The maximum atomic E-state index is 6.50. The molecule has 4 unspecified atom stereocenters. The van der Waals surface area contributed by atoms with Crippen LogP contribution in [-0.2, 0) is 6.42 Å². The lowest BCUT2D eigenvalue weighted by Crippen LogP contribution is -2.05. The zero-order valence-corrected chi connectivity index (χ0v) is 10.5. The van der Waals surface area contributed by atoms with Crippen molar-refractivity contribution in [1.82, 2.24) is 0 Å². The molecule has 0 amide bonds. The van der Waals surface area contributed by atoms with Crippen LogP contribution in [-0.4, -0.2) is 6.10 Å². The second-order valence-corrected chi connectivity index (χ2v) is 5.75. The maximum Gasteiger partial charge on any atom is 0.123 e. The van der Waals surface area contributed by atoms with Gasteiger partial charge in [0.25, 0.3) is 0 Å². The van der Waals surface area contributed by atoms with Gasteiger partial charge in [0.2, 0.25) is 0 Å². The number of halogens is 1. The van der Waals surface area contributed by atoms with Crippen molar-refractivity contribution in [2.45, 2.75) is 38.2 Å². The van der Waals surface area contributed by atoms with Gasteiger partial charge in [-0.15, -0.1) is 11.6 Å². The van der Waals surface area contributed by atoms with Crippen molar-refractivity contribution >= 4 is 11.6 Å². The van der Waals surface area contributed by atoms with Crippen LogP contribution in [0.2, 0.25) is 0 Å². The molecule has 86 valence electrons. The Hall–Kier alpha value is -0.690. The zero-order chi connectivity index (χ0) is 11.3. The first-order chi connectivity index (χ1) is 7.65. The first-order valence-corrected chi connectivity index (χ1v) is 6.52. The number of benzene rings is 1. The predicted octanol–water partition coefficient (Wildman–Crippen LogP) is 3.95. The molecule has 4 atom stereocenters. The van der Waals surface area contributed by atoms with Crippen molar-refractivity contribution in [2.24, 2.45) is 11.8 Å². The van der Waals surface area contributed by atoms with Gasteiger partial charge in [-0.2, -0.15) is 0 Å². The molecule has 16 heavy (non-hydrogen) atoms. The van der Waals surface area contributed by atoms with Crippen LogP contribution in [0.25, 0.3) is 0 Å². The van der Waals surface area contributed by atoms with Gasteiger partial charge >= 0.3 is 0 Å². The molecule has 0 bridgehead atoms. The summed E-state index contributed by atoms with van der Waals surface area (Å²) in [6.45, 7) is 4.39. The Morgan fingerprint density at radius 2 is 2.12 bits per heavy atom. The first kappa shape index (κ1) is 10.5. The summed E-state index contributed by atoms with van der Waals surface area (Å²) in [5.41, 5.74) is 2.59. The van der Waals surface area contributed by atoms with E-state index in [2.05, 4.69) is 32.0 Å². The third-order valence-electron chi connectivity index (χ3n) is 3.79. The molecule has 1 aromatic rings. The second kappa shape index (κ2) is 3.66. The van der Waals surface area contributed by atoms with Gasteiger partial charge in [0.1, 0.15) is 11.9 Å². The van der Waals surface area contributed by atoms with Crippen LogP contribution < -0.4 is 4.74 Å². The van der Waals surface area contributed by atoms with Crippen LogP contribution in [0, 0.1) is 11.8 Å². The summed E-state index contributed by atoms with van der Waals surface area (Å²) in [5.74, 6) is 2.52. The average molecular weight is 237 g/mol. The van der Waals surface area contributed by atoms with Gasteiger partial charge in [0.05, 0.1) is 5.38 Å². The highest BCUT2D eigenvalue weighted by molar-refractivity contribution is 6.21. The number of ether oxygens (including phenoxy) is 1. The predicted molar refractivity (Wildman–Crippen MR) is 66.1 cm³/mol. The smallest absolute Gasteiger partial charge is 0.123 e. The molecule has 0 spiro atoms. The van der Waals surface area contributed by atoms with Gasteiger partial charge in [-0.1, -0.05) is 19.1 Å². The van der Waals surface area contributed by atoms with E-state index in [9.17, 15) is 0 Å². The summed E-state index contributed by atoms with van der Waals surface area (Å²) in [7, 11) is 0. The van der Waals surface area contributed by atoms with E-state index < -0.39 is 0 Å². The van der Waals surface area contributed by atoms with Crippen LogP contribution in [0.5, 0.6) is 5.75 Å². The highest BCUT2D eigenvalue weighted by atomic mass is 35.5. The molecule has 0 aromatic heterocycles. The van der Waals surface area contributed by atoms with E-state index in [1.54, 1.807) is 0 Å². The van der Waals surface area contributed by atoms with Crippen molar-refractivity contribution in [2.75, 3.05) is 0 Å². The molecule has 2 aliphatic rings. The number of alkyl halides is 1.